The van der Waals surface area contributed by atoms with Crippen molar-refractivity contribution >= 4 is 46.2 Å². The number of thioether (sulfide) groups is 1. The van der Waals surface area contributed by atoms with Crippen molar-refractivity contribution < 1.29 is 19.1 Å². The van der Waals surface area contributed by atoms with E-state index >= 15 is 0 Å². The van der Waals surface area contributed by atoms with Gasteiger partial charge in [-0.05, 0) is 37.2 Å². The second-order valence-electron chi connectivity index (χ2n) is 7.38. The van der Waals surface area contributed by atoms with Crippen LogP contribution in [0.2, 0.25) is 0 Å². The normalized spacial score (nSPS) is 19.2. The first-order valence-corrected chi connectivity index (χ1v) is 11.3. The van der Waals surface area contributed by atoms with E-state index in [0.717, 1.165) is 31.7 Å². The van der Waals surface area contributed by atoms with Gasteiger partial charge < -0.3 is 14.4 Å². The van der Waals surface area contributed by atoms with Gasteiger partial charge in [0.2, 0.25) is 5.91 Å². The summed E-state index contributed by atoms with van der Waals surface area (Å²) < 4.78 is 11.1. The van der Waals surface area contributed by atoms with Crippen molar-refractivity contribution in [3.63, 3.8) is 0 Å². The van der Waals surface area contributed by atoms with Crippen molar-refractivity contribution in [2.75, 3.05) is 54.0 Å². The summed E-state index contributed by atoms with van der Waals surface area (Å²) in [6.45, 7) is 3.92. The molecule has 31 heavy (non-hydrogen) atoms. The van der Waals surface area contributed by atoms with E-state index in [1.165, 1.54) is 11.8 Å². The van der Waals surface area contributed by atoms with Crippen LogP contribution < -0.4 is 14.9 Å². The van der Waals surface area contributed by atoms with Gasteiger partial charge in [-0.15, -0.1) is 0 Å². The van der Waals surface area contributed by atoms with Crippen LogP contribution in [0.3, 0.4) is 0 Å². The van der Waals surface area contributed by atoms with Gasteiger partial charge in [0.1, 0.15) is 4.32 Å². The van der Waals surface area contributed by atoms with Crippen LogP contribution in [0.4, 0.5) is 0 Å². The molecule has 1 aromatic carbocycles. The first kappa shape index (κ1) is 23.5. The van der Waals surface area contributed by atoms with E-state index in [0.29, 0.717) is 40.1 Å². The van der Waals surface area contributed by atoms with Crippen molar-refractivity contribution in [2.45, 2.75) is 12.8 Å². The van der Waals surface area contributed by atoms with Crippen LogP contribution in [0.15, 0.2) is 23.1 Å². The summed E-state index contributed by atoms with van der Waals surface area (Å²) in [5.41, 5.74) is 3.77. The van der Waals surface area contributed by atoms with Crippen molar-refractivity contribution in [3.8, 4) is 11.5 Å². The molecule has 168 valence electrons. The van der Waals surface area contributed by atoms with E-state index in [9.17, 15) is 9.59 Å². The Balaban J connectivity index is 1.52. The Kier molecular flexibility index (Phi) is 8.30. The molecular formula is C21H28N4O4S2. The fourth-order valence-electron chi connectivity index (χ4n) is 3.33. The molecule has 2 saturated heterocycles. The lowest BCUT2D eigenvalue weighted by Crippen LogP contribution is -2.52. The van der Waals surface area contributed by atoms with Crippen molar-refractivity contribution in [2.24, 2.45) is 0 Å². The molecular weight excluding hydrogens is 436 g/mol. The number of methoxy groups -OCH3 is 2. The Bertz CT molecular complexity index is 869. The van der Waals surface area contributed by atoms with Gasteiger partial charge in [0, 0.05) is 39.1 Å². The number of rotatable bonds is 8. The summed E-state index contributed by atoms with van der Waals surface area (Å²) in [5, 5.41) is 1.95. The highest BCUT2D eigenvalue weighted by atomic mass is 32.2. The first-order chi connectivity index (χ1) is 14.9. The molecule has 0 atom stereocenters. The highest BCUT2D eigenvalue weighted by molar-refractivity contribution is 8.26. The zero-order valence-electron chi connectivity index (χ0n) is 18.1. The zero-order valence-corrected chi connectivity index (χ0v) is 19.7. The van der Waals surface area contributed by atoms with E-state index in [1.54, 1.807) is 31.3 Å². The van der Waals surface area contributed by atoms with Crippen LogP contribution in [0.1, 0.15) is 18.4 Å². The number of ether oxygens (including phenoxy) is 2. The number of likely N-dealkylation sites (N-methyl/N-ethyl adjacent to an activating group) is 1. The molecule has 8 nitrogen and oxygen atoms in total. The average molecular weight is 465 g/mol. The van der Waals surface area contributed by atoms with Gasteiger partial charge in [-0.25, -0.2) is 5.01 Å². The summed E-state index contributed by atoms with van der Waals surface area (Å²) in [6, 6.07) is 5.47. The van der Waals surface area contributed by atoms with Crippen LogP contribution in [-0.2, 0) is 9.59 Å². The van der Waals surface area contributed by atoms with E-state index < -0.39 is 0 Å². The molecule has 0 spiro atoms. The maximum atomic E-state index is 12.8. The van der Waals surface area contributed by atoms with Gasteiger partial charge in [0.05, 0.1) is 19.1 Å². The summed E-state index contributed by atoms with van der Waals surface area (Å²) in [7, 11) is 5.22. The number of thiocarbonyl (C=S) groups is 1. The number of carbonyl (C=O) groups is 2. The molecule has 0 unspecified atom stereocenters. The minimum Gasteiger partial charge on any atom is -0.493 e. The Morgan fingerprint density at radius 2 is 1.90 bits per heavy atom. The lowest BCUT2D eigenvalue weighted by atomic mass is 10.2. The van der Waals surface area contributed by atoms with Gasteiger partial charge in [0.25, 0.3) is 5.91 Å². The molecule has 2 fully saturated rings. The fraction of sp³-hybridized carbons (Fsp3) is 0.476. The van der Waals surface area contributed by atoms with Crippen LogP contribution in [-0.4, -0.2) is 84.9 Å². The van der Waals surface area contributed by atoms with Crippen molar-refractivity contribution in [3.05, 3.63) is 28.7 Å². The lowest BCUT2D eigenvalue weighted by molar-refractivity contribution is -0.127. The molecule has 0 aliphatic carbocycles. The number of hydrogen-bond donors (Lipinski definition) is 1. The van der Waals surface area contributed by atoms with Crippen LogP contribution in [0.5, 0.6) is 11.5 Å². The smallest absolute Gasteiger partial charge is 0.266 e. The molecule has 2 aliphatic rings. The number of carbonyl (C=O) groups excluding carboxylic acids is 2. The molecule has 0 bridgehead atoms. The number of hydrogen-bond acceptors (Lipinski definition) is 8. The molecule has 2 amide bonds. The van der Waals surface area contributed by atoms with E-state index in [-0.39, 0.29) is 11.8 Å². The molecule has 1 N–H and O–H groups in total. The molecule has 0 radical (unpaired) electrons. The van der Waals surface area contributed by atoms with Gasteiger partial charge >= 0.3 is 0 Å². The predicted molar refractivity (Wildman–Crippen MR) is 126 cm³/mol. The van der Waals surface area contributed by atoms with Crippen LogP contribution in [0.25, 0.3) is 6.08 Å². The number of hydrazine groups is 1. The Labute approximate surface area is 192 Å². The summed E-state index contributed by atoms with van der Waals surface area (Å²) in [6.07, 6.45) is 2.69. The van der Waals surface area contributed by atoms with Crippen molar-refractivity contribution in [1.29, 1.82) is 0 Å². The minimum absolute atomic E-state index is 0.0316. The Morgan fingerprint density at radius 1 is 1.19 bits per heavy atom. The minimum atomic E-state index is -0.135. The maximum absolute atomic E-state index is 12.8. The first-order valence-electron chi connectivity index (χ1n) is 10.1. The second-order valence-corrected chi connectivity index (χ2v) is 9.05. The van der Waals surface area contributed by atoms with Crippen LogP contribution >= 0.6 is 24.0 Å². The molecule has 3 rings (SSSR count). The number of nitrogens with zero attached hydrogens (tertiary/aromatic N) is 3. The SMILES string of the molecule is COc1ccc(/C=C2\SC(=S)N(CCCC(=O)NN3CCN(C)CC3)C2=O)cc1OC. The topological polar surface area (TPSA) is 74.4 Å². The standard InChI is InChI=1S/C21H28N4O4S2/c1-23-9-11-24(12-10-23)22-19(26)5-4-8-25-20(27)18(31-21(25)30)14-15-6-7-16(28-2)17(13-15)29-3/h6-7,13-14H,4-5,8-12H2,1-3H3,(H,22,26)/b18-14-. The number of amides is 2. The molecule has 0 aromatic heterocycles. The molecule has 10 heteroatoms. The van der Waals surface area contributed by atoms with E-state index in [1.807, 2.05) is 17.1 Å². The molecule has 0 saturated carbocycles. The molecule has 1 aromatic rings. The van der Waals surface area contributed by atoms with E-state index in [4.69, 9.17) is 21.7 Å². The van der Waals surface area contributed by atoms with Gasteiger partial charge in [0.15, 0.2) is 11.5 Å². The molecule has 2 heterocycles. The zero-order chi connectivity index (χ0) is 22.4. The monoisotopic (exact) mass is 464 g/mol. The predicted octanol–water partition coefficient (Wildman–Crippen LogP) is 1.96. The van der Waals surface area contributed by atoms with Gasteiger partial charge in [-0.1, -0.05) is 30.0 Å². The quantitative estimate of drug-likeness (QED) is 0.462. The highest BCUT2D eigenvalue weighted by Crippen LogP contribution is 2.34. The number of nitrogens with one attached hydrogen (secondary N) is 1. The average Bonchev–Trinajstić information content (AvgIpc) is 3.02. The Hall–Kier alpha value is -2.14. The summed E-state index contributed by atoms with van der Waals surface area (Å²) >= 11 is 6.66. The number of benzene rings is 1. The number of piperazine rings is 1. The largest absolute Gasteiger partial charge is 0.493 e. The van der Waals surface area contributed by atoms with Gasteiger partial charge in [-0.2, -0.15) is 0 Å². The third-order valence-corrected chi connectivity index (χ3v) is 6.53. The van der Waals surface area contributed by atoms with E-state index in [2.05, 4.69) is 17.4 Å². The highest BCUT2D eigenvalue weighted by Gasteiger charge is 2.31. The summed E-state index contributed by atoms with van der Waals surface area (Å²) in [5.74, 6) is 1.06. The molecule has 2 aliphatic heterocycles. The van der Waals surface area contributed by atoms with Gasteiger partial charge in [-0.3, -0.25) is 19.9 Å². The third-order valence-electron chi connectivity index (χ3n) is 5.15. The maximum Gasteiger partial charge on any atom is 0.266 e. The van der Waals surface area contributed by atoms with Crippen LogP contribution in [0, 0.1) is 0 Å². The fourth-order valence-corrected chi connectivity index (χ4v) is 4.64. The third kappa shape index (κ3) is 6.19. The Morgan fingerprint density at radius 3 is 2.58 bits per heavy atom. The lowest BCUT2D eigenvalue weighted by Gasteiger charge is -2.32. The van der Waals surface area contributed by atoms with Crippen molar-refractivity contribution in [1.82, 2.24) is 20.2 Å². The second kappa shape index (κ2) is 10.9. The summed E-state index contributed by atoms with van der Waals surface area (Å²) in [4.78, 5) is 29.4.